The maximum Gasteiger partial charge on any atom is 0.319 e. The van der Waals surface area contributed by atoms with E-state index in [1.54, 1.807) is 7.11 Å². The zero-order valence-corrected chi connectivity index (χ0v) is 10.5. The van der Waals surface area contributed by atoms with Crippen molar-refractivity contribution in [3.05, 3.63) is 36.4 Å². The molecule has 0 aromatic heterocycles. The van der Waals surface area contributed by atoms with Crippen molar-refractivity contribution in [2.75, 3.05) is 19.0 Å². The van der Waals surface area contributed by atoms with Gasteiger partial charge in [-0.25, -0.2) is 4.79 Å². The minimum Gasteiger partial charge on any atom is -0.497 e. The van der Waals surface area contributed by atoms with Gasteiger partial charge in [-0.3, -0.25) is 0 Å². The van der Waals surface area contributed by atoms with Crippen molar-refractivity contribution in [2.45, 2.75) is 6.92 Å². The molecule has 94 valence electrons. The predicted octanol–water partition coefficient (Wildman–Crippen LogP) is 2.99. The molecular weight excluding hydrogens is 228 g/mol. The van der Waals surface area contributed by atoms with E-state index in [9.17, 15) is 4.79 Å². The number of hydrogen-bond donors (Lipinski definition) is 2. The molecule has 0 aliphatic rings. The lowest BCUT2D eigenvalue weighted by Gasteiger charge is -2.07. The third-order valence-electron chi connectivity index (χ3n) is 2.64. The van der Waals surface area contributed by atoms with E-state index >= 15 is 0 Å². The van der Waals surface area contributed by atoms with Gasteiger partial charge in [0.1, 0.15) is 5.75 Å². The summed E-state index contributed by atoms with van der Waals surface area (Å²) in [6.07, 6.45) is 0. The van der Waals surface area contributed by atoms with Gasteiger partial charge < -0.3 is 15.4 Å². The number of rotatable bonds is 3. The Bertz CT molecular complexity index is 567. The molecule has 0 aliphatic heterocycles. The van der Waals surface area contributed by atoms with Crippen molar-refractivity contribution in [2.24, 2.45) is 0 Å². The summed E-state index contributed by atoms with van der Waals surface area (Å²) in [7, 11) is 1.65. The summed E-state index contributed by atoms with van der Waals surface area (Å²) in [6, 6.07) is 11.4. The zero-order chi connectivity index (χ0) is 13.0. The molecule has 0 fully saturated rings. The van der Waals surface area contributed by atoms with Crippen LogP contribution in [0.5, 0.6) is 5.75 Å². The topological polar surface area (TPSA) is 50.4 Å². The second-order valence-corrected chi connectivity index (χ2v) is 3.91. The number of nitrogens with one attached hydrogen (secondary N) is 2. The van der Waals surface area contributed by atoms with Crippen LogP contribution in [0.25, 0.3) is 10.8 Å². The van der Waals surface area contributed by atoms with E-state index < -0.39 is 0 Å². The number of amides is 2. The number of carbonyl (C=O) groups is 1. The first-order chi connectivity index (χ1) is 8.72. The minimum atomic E-state index is -0.189. The molecule has 4 nitrogen and oxygen atoms in total. The zero-order valence-electron chi connectivity index (χ0n) is 10.5. The van der Waals surface area contributed by atoms with Crippen LogP contribution in [0, 0.1) is 0 Å². The van der Waals surface area contributed by atoms with E-state index in [4.69, 9.17) is 4.74 Å². The van der Waals surface area contributed by atoms with Crippen molar-refractivity contribution in [1.29, 1.82) is 0 Å². The highest BCUT2D eigenvalue weighted by atomic mass is 16.5. The monoisotopic (exact) mass is 244 g/mol. The highest BCUT2D eigenvalue weighted by Crippen LogP contribution is 2.23. The average molecular weight is 244 g/mol. The van der Waals surface area contributed by atoms with Crippen LogP contribution in [-0.2, 0) is 0 Å². The molecule has 2 N–H and O–H groups in total. The first-order valence-corrected chi connectivity index (χ1v) is 5.85. The standard InChI is InChI=1S/C14H16N2O2/c1-3-15-14(17)16-12-6-4-11-9-13(18-2)7-5-10(11)8-12/h4-9H,3H2,1-2H3,(H2,15,16,17). The van der Waals surface area contributed by atoms with Gasteiger partial charge in [0, 0.05) is 12.2 Å². The Hall–Kier alpha value is -2.23. The number of carbonyl (C=O) groups excluding carboxylic acids is 1. The van der Waals surface area contributed by atoms with Crippen LogP contribution in [0.1, 0.15) is 6.92 Å². The van der Waals surface area contributed by atoms with Gasteiger partial charge >= 0.3 is 6.03 Å². The van der Waals surface area contributed by atoms with Gasteiger partial charge in [-0.2, -0.15) is 0 Å². The number of benzene rings is 2. The van der Waals surface area contributed by atoms with Crippen molar-refractivity contribution in [1.82, 2.24) is 5.32 Å². The van der Waals surface area contributed by atoms with Crippen molar-refractivity contribution in [3.8, 4) is 5.75 Å². The molecule has 0 saturated carbocycles. The van der Waals surface area contributed by atoms with Gasteiger partial charge in [-0.1, -0.05) is 12.1 Å². The molecule has 0 atom stereocenters. The fourth-order valence-electron chi connectivity index (χ4n) is 1.76. The van der Waals surface area contributed by atoms with Gasteiger partial charge in [0.25, 0.3) is 0 Å². The summed E-state index contributed by atoms with van der Waals surface area (Å²) < 4.78 is 5.17. The van der Waals surface area contributed by atoms with Crippen LogP contribution in [0.3, 0.4) is 0 Å². The molecule has 2 aromatic carbocycles. The summed E-state index contributed by atoms with van der Waals surface area (Å²) >= 11 is 0. The van der Waals surface area contributed by atoms with Crippen molar-refractivity contribution in [3.63, 3.8) is 0 Å². The summed E-state index contributed by atoms with van der Waals surface area (Å²) in [5, 5.41) is 7.61. The van der Waals surface area contributed by atoms with Crippen LogP contribution >= 0.6 is 0 Å². The summed E-state index contributed by atoms with van der Waals surface area (Å²) in [4.78, 5) is 11.4. The summed E-state index contributed by atoms with van der Waals surface area (Å²) in [6.45, 7) is 2.49. The van der Waals surface area contributed by atoms with Crippen molar-refractivity contribution >= 4 is 22.5 Å². The minimum absolute atomic E-state index is 0.189. The molecule has 0 bridgehead atoms. The summed E-state index contributed by atoms with van der Waals surface area (Å²) in [5.74, 6) is 0.826. The highest BCUT2D eigenvalue weighted by Gasteiger charge is 2.02. The number of hydrogen-bond acceptors (Lipinski definition) is 2. The third kappa shape index (κ3) is 2.71. The molecule has 0 radical (unpaired) electrons. The van der Waals surface area contributed by atoms with E-state index in [1.807, 2.05) is 43.3 Å². The van der Waals surface area contributed by atoms with Gasteiger partial charge in [0.05, 0.1) is 7.11 Å². The molecule has 4 heteroatoms. The first-order valence-electron chi connectivity index (χ1n) is 5.85. The van der Waals surface area contributed by atoms with E-state index in [0.29, 0.717) is 6.54 Å². The Balaban J connectivity index is 2.25. The van der Waals surface area contributed by atoms with E-state index in [1.165, 1.54) is 0 Å². The van der Waals surface area contributed by atoms with Gasteiger partial charge in [0.15, 0.2) is 0 Å². The van der Waals surface area contributed by atoms with Gasteiger partial charge in [-0.15, -0.1) is 0 Å². The van der Waals surface area contributed by atoms with E-state index in [0.717, 1.165) is 22.2 Å². The first kappa shape index (κ1) is 12.2. The van der Waals surface area contributed by atoms with E-state index in [2.05, 4.69) is 10.6 Å². The van der Waals surface area contributed by atoms with Crippen LogP contribution in [0.4, 0.5) is 10.5 Å². The summed E-state index contributed by atoms with van der Waals surface area (Å²) in [5.41, 5.74) is 0.776. The Morgan fingerprint density at radius 1 is 1.17 bits per heavy atom. The molecule has 0 aliphatic carbocycles. The second-order valence-electron chi connectivity index (χ2n) is 3.91. The smallest absolute Gasteiger partial charge is 0.319 e. The maximum atomic E-state index is 11.4. The fraction of sp³-hybridized carbons (Fsp3) is 0.214. The molecule has 2 amide bonds. The Morgan fingerprint density at radius 2 is 1.89 bits per heavy atom. The van der Waals surface area contributed by atoms with Crippen molar-refractivity contribution < 1.29 is 9.53 Å². The number of methoxy groups -OCH3 is 1. The number of fused-ring (bicyclic) bond motifs is 1. The lowest BCUT2D eigenvalue weighted by molar-refractivity contribution is 0.252. The Labute approximate surface area is 106 Å². The van der Waals surface area contributed by atoms with Crippen LogP contribution in [-0.4, -0.2) is 19.7 Å². The number of ether oxygens (including phenoxy) is 1. The molecule has 2 rings (SSSR count). The maximum absolute atomic E-state index is 11.4. The molecule has 0 spiro atoms. The average Bonchev–Trinajstić information content (AvgIpc) is 2.38. The lowest BCUT2D eigenvalue weighted by atomic mass is 10.1. The lowest BCUT2D eigenvalue weighted by Crippen LogP contribution is -2.28. The second kappa shape index (κ2) is 5.40. The number of urea groups is 1. The molecule has 0 saturated heterocycles. The quantitative estimate of drug-likeness (QED) is 0.872. The molecule has 18 heavy (non-hydrogen) atoms. The van der Waals surface area contributed by atoms with Crippen LogP contribution in [0.2, 0.25) is 0 Å². The SMILES string of the molecule is CCNC(=O)Nc1ccc2cc(OC)ccc2c1. The number of anilines is 1. The molecule has 2 aromatic rings. The van der Waals surface area contributed by atoms with Crippen LogP contribution in [0.15, 0.2) is 36.4 Å². The Kier molecular flexibility index (Phi) is 3.67. The molecule has 0 heterocycles. The van der Waals surface area contributed by atoms with E-state index in [-0.39, 0.29) is 6.03 Å². The molecular formula is C14H16N2O2. The normalized spacial score (nSPS) is 10.1. The van der Waals surface area contributed by atoms with Crippen LogP contribution < -0.4 is 15.4 Å². The Morgan fingerprint density at radius 3 is 2.61 bits per heavy atom. The predicted molar refractivity (Wildman–Crippen MR) is 73.2 cm³/mol. The van der Waals surface area contributed by atoms with Gasteiger partial charge in [0.2, 0.25) is 0 Å². The molecule has 0 unspecified atom stereocenters. The fourth-order valence-corrected chi connectivity index (χ4v) is 1.76. The largest absolute Gasteiger partial charge is 0.497 e. The highest BCUT2D eigenvalue weighted by molar-refractivity contribution is 5.93. The third-order valence-corrected chi connectivity index (χ3v) is 2.64. The van der Waals surface area contributed by atoms with Gasteiger partial charge in [-0.05, 0) is 42.0 Å².